The molecule has 0 saturated heterocycles. The summed E-state index contributed by atoms with van der Waals surface area (Å²) < 4.78 is 5.50. The molecule has 7 nitrogen and oxygen atoms in total. The van der Waals surface area contributed by atoms with Crippen LogP contribution in [0, 0.1) is 12.8 Å². The SMILES string of the molecule is CCCCCNC(=O)C(c1ccccc1C)N(C(=O)C(CCSC)NC(=O)OC(C)(C)C)C(C)CCC(C)C. The van der Waals surface area contributed by atoms with E-state index in [-0.39, 0.29) is 17.9 Å². The van der Waals surface area contributed by atoms with Gasteiger partial charge in [0.15, 0.2) is 0 Å². The summed E-state index contributed by atoms with van der Waals surface area (Å²) >= 11 is 1.61. The van der Waals surface area contributed by atoms with Crippen LogP contribution in [0.5, 0.6) is 0 Å². The Morgan fingerprint density at radius 3 is 2.26 bits per heavy atom. The van der Waals surface area contributed by atoms with Gasteiger partial charge >= 0.3 is 6.09 Å². The number of carbonyl (C=O) groups is 3. The fraction of sp³-hybridized carbons (Fsp3) is 0.710. The molecule has 3 atom stereocenters. The molecule has 8 heteroatoms. The zero-order valence-corrected chi connectivity index (χ0v) is 26.6. The number of amides is 3. The quantitative estimate of drug-likeness (QED) is 0.220. The van der Waals surface area contributed by atoms with Crippen LogP contribution in [0.25, 0.3) is 0 Å². The van der Waals surface area contributed by atoms with Crippen LogP contribution in [-0.4, -0.2) is 59.0 Å². The lowest BCUT2D eigenvalue weighted by atomic mass is 9.94. The number of aryl methyl sites for hydroxylation is 1. The molecule has 222 valence electrons. The van der Waals surface area contributed by atoms with Gasteiger partial charge in [-0.2, -0.15) is 11.8 Å². The van der Waals surface area contributed by atoms with Crippen LogP contribution in [0.15, 0.2) is 24.3 Å². The number of alkyl carbamates (subject to hydrolysis) is 1. The number of hydrogen-bond acceptors (Lipinski definition) is 5. The van der Waals surface area contributed by atoms with Crippen LogP contribution in [0.2, 0.25) is 0 Å². The summed E-state index contributed by atoms with van der Waals surface area (Å²) in [5.41, 5.74) is 1.06. The fourth-order valence-corrected chi connectivity index (χ4v) is 4.90. The number of nitrogens with one attached hydrogen (secondary N) is 2. The molecule has 1 rings (SSSR count). The highest BCUT2D eigenvalue weighted by atomic mass is 32.2. The molecule has 0 heterocycles. The van der Waals surface area contributed by atoms with E-state index < -0.39 is 23.8 Å². The number of nitrogens with zero attached hydrogens (tertiary/aromatic N) is 1. The maximum atomic E-state index is 14.4. The summed E-state index contributed by atoms with van der Waals surface area (Å²) in [4.78, 5) is 42.8. The van der Waals surface area contributed by atoms with Crippen molar-refractivity contribution in [2.24, 2.45) is 5.92 Å². The average molecular weight is 564 g/mol. The predicted octanol–water partition coefficient (Wildman–Crippen LogP) is 6.64. The molecule has 3 amide bonds. The number of carbonyl (C=O) groups excluding carboxylic acids is 3. The predicted molar refractivity (Wildman–Crippen MR) is 163 cm³/mol. The monoisotopic (exact) mass is 563 g/mol. The van der Waals surface area contributed by atoms with Crippen molar-refractivity contribution in [1.29, 1.82) is 0 Å². The topological polar surface area (TPSA) is 87.7 Å². The molecule has 1 aromatic rings. The number of benzene rings is 1. The van der Waals surface area contributed by atoms with E-state index >= 15 is 0 Å². The lowest BCUT2D eigenvalue weighted by molar-refractivity contribution is -0.145. The van der Waals surface area contributed by atoms with E-state index in [2.05, 4.69) is 31.4 Å². The molecule has 0 aliphatic carbocycles. The van der Waals surface area contributed by atoms with Crippen molar-refractivity contribution >= 4 is 29.7 Å². The normalized spacial score (nSPS) is 13.9. The number of ether oxygens (including phenoxy) is 1. The van der Waals surface area contributed by atoms with Crippen molar-refractivity contribution in [2.45, 2.75) is 118 Å². The van der Waals surface area contributed by atoms with Gasteiger partial charge in [-0.1, -0.05) is 57.9 Å². The first-order chi connectivity index (χ1) is 18.3. The van der Waals surface area contributed by atoms with Crippen molar-refractivity contribution < 1.29 is 19.1 Å². The van der Waals surface area contributed by atoms with E-state index in [1.165, 1.54) is 0 Å². The molecule has 2 N–H and O–H groups in total. The first kappa shape index (κ1) is 34.8. The second-order valence-electron chi connectivity index (χ2n) is 11.8. The van der Waals surface area contributed by atoms with Crippen LogP contribution in [0.3, 0.4) is 0 Å². The first-order valence-corrected chi connectivity index (χ1v) is 15.9. The van der Waals surface area contributed by atoms with E-state index in [0.717, 1.165) is 43.2 Å². The van der Waals surface area contributed by atoms with Gasteiger partial charge in [0.05, 0.1) is 0 Å². The molecular weight excluding hydrogens is 510 g/mol. The highest BCUT2D eigenvalue weighted by molar-refractivity contribution is 7.98. The molecule has 0 aromatic heterocycles. The third-order valence-corrected chi connectivity index (χ3v) is 7.22. The average Bonchev–Trinajstić information content (AvgIpc) is 2.85. The zero-order chi connectivity index (χ0) is 29.6. The Kier molecular flexibility index (Phi) is 15.6. The molecule has 0 aliphatic heterocycles. The lowest BCUT2D eigenvalue weighted by Crippen LogP contribution is -2.56. The van der Waals surface area contributed by atoms with Gasteiger partial charge in [-0.15, -0.1) is 0 Å². The summed E-state index contributed by atoms with van der Waals surface area (Å²) in [7, 11) is 0. The van der Waals surface area contributed by atoms with Crippen LogP contribution < -0.4 is 10.6 Å². The smallest absolute Gasteiger partial charge is 0.408 e. The van der Waals surface area contributed by atoms with Gasteiger partial charge in [-0.05, 0) is 89.4 Å². The zero-order valence-electron chi connectivity index (χ0n) is 25.8. The minimum absolute atomic E-state index is 0.189. The first-order valence-electron chi connectivity index (χ1n) is 14.5. The van der Waals surface area contributed by atoms with E-state index in [0.29, 0.717) is 24.6 Å². The van der Waals surface area contributed by atoms with Gasteiger partial charge in [0.2, 0.25) is 11.8 Å². The molecule has 0 bridgehead atoms. The van der Waals surface area contributed by atoms with E-state index in [4.69, 9.17) is 4.74 Å². The van der Waals surface area contributed by atoms with E-state index in [1.807, 2.05) is 44.4 Å². The summed E-state index contributed by atoms with van der Waals surface area (Å²) in [6.45, 7) is 16.4. The standard InChI is InChI=1S/C31H53N3O4S/c1-10-11-14-20-32-28(35)27(25-16-13-12-15-23(25)4)34(24(5)18-17-22(2)3)29(36)26(19-21-39-9)33-30(37)38-31(6,7)8/h12-13,15-16,22,24,26-27H,10-11,14,17-21H2,1-9H3,(H,32,35)(H,33,37). The van der Waals surface area contributed by atoms with Crippen LogP contribution in [0.1, 0.15) is 104 Å². The molecule has 3 unspecified atom stereocenters. The van der Waals surface area contributed by atoms with Gasteiger partial charge in [-0.25, -0.2) is 4.79 Å². The lowest BCUT2D eigenvalue weighted by Gasteiger charge is -2.39. The van der Waals surface area contributed by atoms with Gasteiger partial charge < -0.3 is 20.3 Å². The number of unbranched alkanes of at least 4 members (excludes halogenated alkanes) is 2. The highest BCUT2D eigenvalue weighted by Crippen LogP contribution is 2.30. The maximum absolute atomic E-state index is 14.4. The third-order valence-electron chi connectivity index (χ3n) is 6.58. The van der Waals surface area contributed by atoms with E-state index in [1.54, 1.807) is 37.4 Å². The summed E-state index contributed by atoms with van der Waals surface area (Å²) in [6.07, 6.45) is 6.41. The second-order valence-corrected chi connectivity index (χ2v) is 12.8. The van der Waals surface area contributed by atoms with Crippen LogP contribution in [-0.2, 0) is 14.3 Å². The highest BCUT2D eigenvalue weighted by Gasteiger charge is 2.39. The van der Waals surface area contributed by atoms with Gasteiger partial charge in [0, 0.05) is 12.6 Å². The fourth-order valence-electron chi connectivity index (χ4n) is 4.43. The summed E-state index contributed by atoms with van der Waals surface area (Å²) in [5.74, 6) is 0.684. The Morgan fingerprint density at radius 2 is 1.69 bits per heavy atom. The number of rotatable bonds is 16. The molecule has 0 fully saturated rings. The molecule has 39 heavy (non-hydrogen) atoms. The van der Waals surface area contributed by atoms with Gasteiger partial charge in [0.1, 0.15) is 17.7 Å². The Balaban J connectivity index is 3.55. The summed E-state index contributed by atoms with van der Waals surface area (Å²) in [5, 5.41) is 5.93. The number of hydrogen-bond donors (Lipinski definition) is 2. The summed E-state index contributed by atoms with van der Waals surface area (Å²) in [6, 6.07) is 5.91. The van der Waals surface area contributed by atoms with Crippen LogP contribution >= 0.6 is 11.8 Å². The minimum Gasteiger partial charge on any atom is -0.444 e. The Morgan fingerprint density at radius 1 is 1.03 bits per heavy atom. The van der Waals surface area contributed by atoms with Crippen molar-refractivity contribution in [1.82, 2.24) is 15.5 Å². The maximum Gasteiger partial charge on any atom is 0.408 e. The molecule has 0 saturated carbocycles. The molecular formula is C31H53N3O4S. The Labute approximate surface area is 241 Å². The number of thioether (sulfide) groups is 1. The minimum atomic E-state index is -0.812. The molecule has 0 radical (unpaired) electrons. The van der Waals surface area contributed by atoms with Crippen molar-refractivity contribution in [3.8, 4) is 0 Å². The Hall–Kier alpha value is -2.22. The van der Waals surface area contributed by atoms with Gasteiger partial charge in [0.25, 0.3) is 0 Å². The Bertz CT molecular complexity index is 900. The van der Waals surface area contributed by atoms with Gasteiger partial charge in [-0.3, -0.25) is 9.59 Å². The molecule has 1 aromatic carbocycles. The van der Waals surface area contributed by atoms with Crippen molar-refractivity contribution in [3.05, 3.63) is 35.4 Å². The molecule has 0 spiro atoms. The van der Waals surface area contributed by atoms with E-state index in [9.17, 15) is 14.4 Å². The van der Waals surface area contributed by atoms with Crippen molar-refractivity contribution in [3.63, 3.8) is 0 Å². The second kappa shape index (κ2) is 17.5. The van der Waals surface area contributed by atoms with Crippen LogP contribution in [0.4, 0.5) is 4.79 Å². The third kappa shape index (κ3) is 12.7. The largest absolute Gasteiger partial charge is 0.444 e. The van der Waals surface area contributed by atoms with Crippen molar-refractivity contribution in [2.75, 3.05) is 18.6 Å². The molecule has 0 aliphatic rings.